The van der Waals surface area contributed by atoms with Crippen molar-refractivity contribution in [3.05, 3.63) is 65.4 Å². The van der Waals surface area contributed by atoms with Gasteiger partial charge in [-0.3, -0.25) is 9.59 Å². The Morgan fingerprint density at radius 3 is 2.48 bits per heavy atom. The molecule has 160 valence electrons. The number of likely N-dealkylation sites (N-methyl/N-ethyl adjacent to an activating group) is 1. The summed E-state index contributed by atoms with van der Waals surface area (Å²) in [5.74, 6) is -0.785. The van der Waals surface area contributed by atoms with Gasteiger partial charge in [0.05, 0.1) is 24.8 Å². The average molecular weight is 439 g/mol. The Kier molecular flexibility index (Phi) is 4.42. The second-order valence-electron chi connectivity index (χ2n) is 7.92. The minimum Gasteiger partial charge on any atom is -0.389 e. The Balaban J connectivity index is 1.49. The van der Waals surface area contributed by atoms with Crippen LogP contribution in [0, 0.1) is 0 Å². The van der Waals surface area contributed by atoms with Crippen LogP contribution in [0.2, 0.25) is 0 Å². The molecule has 0 saturated carbocycles. The molecule has 3 heterocycles. The maximum absolute atomic E-state index is 12.9. The highest BCUT2D eigenvalue weighted by Gasteiger charge is 2.42. The van der Waals surface area contributed by atoms with Crippen molar-refractivity contribution in [1.82, 2.24) is 13.8 Å². The van der Waals surface area contributed by atoms with Crippen LogP contribution in [0.5, 0.6) is 0 Å². The van der Waals surface area contributed by atoms with Crippen LogP contribution >= 0.6 is 0 Å². The SMILES string of the molecule is CN1CCc2c(n(C[C@H](O)CN3C(=O)c4ccccc4S3(=O)=O)c3ccccc23)C1=O. The van der Waals surface area contributed by atoms with Crippen LogP contribution in [0.15, 0.2) is 53.4 Å². The number of rotatable bonds is 4. The minimum absolute atomic E-state index is 0.00886. The van der Waals surface area contributed by atoms with Gasteiger partial charge < -0.3 is 14.6 Å². The molecule has 31 heavy (non-hydrogen) atoms. The number of amides is 2. The number of β-amino-alcohol motifs (C(OH)–C–C–N with tert-alkyl or cyclic N) is 1. The molecular weight excluding hydrogens is 418 g/mol. The maximum Gasteiger partial charge on any atom is 0.270 e. The molecule has 0 bridgehead atoms. The maximum atomic E-state index is 12.9. The Morgan fingerprint density at radius 2 is 1.71 bits per heavy atom. The second-order valence-corrected chi connectivity index (χ2v) is 9.75. The number of aliphatic hydroxyl groups is 1. The number of carbonyl (C=O) groups is 2. The lowest BCUT2D eigenvalue weighted by molar-refractivity contribution is 0.0732. The third-order valence-corrected chi connectivity index (χ3v) is 7.81. The summed E-state index contributed by atoms with van der Waals surface area (Å²) in [4.78, 5) is 27.1. The number of carbonyl (C=O) groups excluding carboxylic acids is 2. The monoisotopic (exact) mass is 439 g/mol. The molecule has 0 spiro atoms. The van der Waals surface area contributed by atoms with Gasteiger partial charge >= 0.3 is 0 Å². The lowest BCUT2D eigenvalue weighted by Gasteiger charge is -2.25. The molecule has 1 aromatic heterocycles. The lowest BCUT2D eigenvalue weighted by atomic mass is 10.0. The first-order chi connectivity index (χ1) is 14.8. The fraction of sp³-hybridized carbons (Fsp3) is 0.273. The molecule has 0 aliphatic carbocycles. The van der Waals surface area contributed by atoms with Gasteiger partial charge in [0.25, 0.3) is 21.8 Å². The van der Waals surface area contributed by atoms with Gasteiger partial charge in [0.1, 0.15) is 10.6 Å². The van der Waals surface area contributed by atoms with E-state index >= 15 is 0 Å². The molecule has 0 radical (unpaired) electrons. The Morgan fingerprint density at radius 1 is 1.00 bits per heavy atom. The van der Waals surface area contributed by atoms with E-state index in [4.69, 9.17) is 0 Å². The fourth-order valence-corrected chi connectivity index (χ4v) is 6.10. The zero-order valence-electron chi connectivity index (χ0n) is 16.9. The summed E-state index contributed by atoms with van der Waals surface area (Å²) in [6.07, 6.45) is -0.483. The number of aliphatic hydroxyl groups excluding tert-OH is 1. The van der Waals surface area contributed by atoms with E-state index in [9.17, 15) is 23.1 Å². The van der Waals surface area contributed by atoms with Gasteiger partial charge in [-0.15, -0.1) is 0 Å². The van der Waals surface area contributed by atoms with Gasteiger partial charge in [0.2, 0.25) is 0 Å². The fourth-order valence-electron chi connectivity index (χ4n) is 4.50. The molecule has 0 saturated heterocycles. The molecule has 2 aliphatic rings. The molecule has 0 unspecified atom stereocenters. The van der Waals surface area contributed by atoms with E-state index in [1.807, 2.05) is 24.3 Å². The molecule has 8 nitrogen and oxygen atoms in total. The summed E-state index contributed by atoms with van der Waals surface area (Å²) in [6, 6.07) is 13.6. The normalized spacial score (nSPS) is 18.4. The van der Waals surface area contributed by atoms with Crippen molar-refractivity contribution < 1.29 is 23.1 Å². The van der Waals surface area contributed by atoms with E-state index in [1.165, 1.54) is 12.1 Å². The van der Waals surface area contributed by atoms with Crippen LogP contribution in [0.1, 0.15) is 26.4 Å². The largest absolute Gasteiger partial charge is 0.389 e. The van der Waals surface area contributed by atoms with Gasteiger partial charge in [-0.2, -0.15) is 0 Å². The number of nitrogens with zero attached hydrogens (tertiary/aromatic N) is 3. The van der Waals surface area contributed by atoms with E-state index < -0.39 is 22.0 Å². The molecule has 0 fully saturated rings. The van der Waals surface area contributed by atoms with E-state index in [0.29, 0.717) is 23.0 Å². The van der Waals surface area contributed by atoms with E-state index in [-0.39, 0.29) is 29.5 Å². The van der Waals surface area contributed by atoms with Crippen LogP contribution in [0.25, 0.3) is 10.9 Å². The van der Waals surface area contributed by atoms with Gasteiger partial charge in [-0.05, 0) is 30.2 Å². The van der Waals surface area contributed by atoms with E-state index in [1.54, 1.807) is 28.6 Å². The molecule has 1 atom stereocenters. The van der Waals surface area contributed by atoms with Crippen molar-refractivity contribution >= 4 is 32.7 Å². The molecular formula is C22H21N3O5S. The topological polar surface area (TPSA) is 99.9 Å². The number of sulfonamides is 1. The van der Waals surface area contributed by atoms with Crippen molar-refractivity contribution in [3.63, 3.8) is 0 Å². The molecule has 2 aliphatic heterocycles. The van der Waals surface area contributed by atoms with Crippen LogP contribution < -0.4 is 0 Å². The first kappa shape index (κ1) is 19.8. The summed E-state index contributed by atoms with van der Waals surface area (Å²) in [5.41, 5.74) is 2.35. The Labute approximate surface area is 179 Å². The molecule has 3 aromatic rings. The standard InChI is InChI=1S/C22H21N3O5S/c1-23-11-10-16-15-6-2-4-8-18(15)24(20(16)22(23)28)12-14(26)13-25-21(27)17-7-3-5-9-19(17)31(25,29)30/h2-9,14,26H,10-13H2,1H3/t14-/m0/s1. The summed E-state index contributed by atoms with van der Waals surface area (Å²) in [7, 11) is -2.28. The second kappa shape index (κ2) is 6.93. The van der Waals surface area contributed by atoms with Gasteiger partial charge in [-0.1, -0.05) is 30.3 Å². The van der Waals surface area contributed by atoms with Crippen molar-refractivity contribution in [2.75, 3.05) is 20.1 Å². The highest BCUT2D eigenvalue weighted by atomic mass is 32.2. The van der Waals surface area contributed by atoms with Crippen molar-refractivity contribution in [1.29, 1.82) is 0 Å². The van der Waals surface area contributed by atoms with Crippen LogP contribution in [-0.4, -0.2) is 65.4 Å². The highest BCUT2D eigenvalue weighted by Crippen LogP contribution is 2.32. The molecule has 1 N–H and O–H groups in total. The van der Waals surface area contributed by atoms with Crippen molar-refractivity contribution in [2.45, 2.75) is 24.0 Å². The van der Waals surface area contributed by atoms with Crippen molar-refractivity contribution in [2.24, 2.45) is 0 Å². The van der Waals surface area contributed by atoms with Crippen LogP contribution in [0.4, 0.5) is 0 Å². The third kappa shape index (κ3) is 2.88. The van der Waals surface area contributed by atoms with Gasteiger partial charge in [0.15, 0.2) is 0 Å². The number of para-hydroxylation sites is 1. The number of hydrogen-bond donors (Lipinski definition) is 1. The Hall–Kier alpha value is -3.17. The molecule has 9 heteroatoms. The Bertz CT molecular complexity index is 1340. The number of hydrogen-bond acceptors (Lipinski definition) is 5. The zero-order valence-corrected chi connectivity index (χ0v) is 17.7. The summed E-state index contributed by atoms with van der Waals surface area (Å²) < 4.78 is 28.1. The quantitative estimate of drug-likeness (QED) is 0.664. The lowest BCUT2D eigenvalue weighted by Crippen LogP contribution is -2.40. The first-order valence-electron chi connectivity index (χ1n) is 10.0. The predicted octanol–water partition coefficient (Wildman–Crippen LogP) is 1.47. The average Bonchev–Trinajstić information content (AvgIpc) is 3.17. The zero-order chi connectivity index (χ0) is 21.9. The summed E-state index contributed by atoms with van der Waals surface area (Å²) in [6.45, 7) is 0.216. The first-order valence-corrected chi connectivity index (χ1v) is 11.4. The number of benzene rings is 2. The van der Waals surface area contributed by atoms with Gasteiger partial charge in [-0.25, -0.2) is 12.7 Å². The molecule has 2 amide bonds. The third-order valence-electron chi connectivity index (χ3n) is 6.00. The van der Waals surface area contributed by atoms with E-state index in [2.05, 4.69) is 0 Å². The summed E-state index contributed by atoms with van der Waals surface area (Å²) in [5, 5.41) is 11.8. The molecule has 2 aromatic carbocycles. The molecule has 5 rings (SSSR count). The van der Waals surface area contributed by atoms with Crippen LogP contribution in [0.3, 0.4) is 0 Å². The minimum atomic E-state index is -4.01. The van der Waals surface area contributed by atoms with Crippen molar-refractivity contribution in [3.8, 4) is 0 Å². The van der Waals surface area contributed by atoms with Gasteiger partial charge in [0, 0.05) is 24.5 Å². The number of aromatic nitrogens is 1. The smallest absolute Gasteiger partial charge is 0.270 e. The van der Waals surface area contributed by atoms with Crippen LogP contribution in [-0.2, 0) is 23.0 Å². The summed E-state index contributed by atoms with van der Waals surface area (Å²) >= 11 is 0. The predicted molar refractivity (Wildman–Crippen MR) is 113 cm³/mol. The van der Waals surface area contributed by atoms with E-state index in [0.717, 1.165) is 16.5 Å². The highest BCUT2D eigenvalue weighted by molar-refractivity contribution is 7.90. The number of fused-ring (bicyclic) bond motifs is 4.